The molecule has 0 saturated heterocycles. The zero-order valence-electron chi connectivity index (χ0n) is 29.5. The summed E-state index contributed by atoms with van der Waals surface area (Å²) in [7, 11) is 0. The van der Waals surface area contributed by atoms with Gasteiger partial charge in [-0.15, -0.1) is 0 Å². The van der Waals surface area contributed by atoms with Crippen LogP contribution in [0, 0.1) is 11.3 Å². The maximum absolute atomic E-state index is 9.63. The molecule has 0 unspecified atom stereocenters. The van der Waals surface area contributed by atoms with Gasteiger partial charge in [0.2, 0.25) is 0 Å². The van der Waals surface area contributed by atoms with Crippen molar-refractivity contribution in [3.8, 4) is 84.7 Å². The van der Waals surface area contributed by atoms with Crippen LogP contribution in [0.4, 0.5) is 0 Å². The summed E-state index contributed by atoms with van der Waals surface area (Å²) in [5, 5.41) is 9.63. The summed E-state index contributed by atoms with van der Waals surface area (Å²) >= 11 is 0. The Morgan fingerprint density at radius 2 is 0.774 bits per heavy atom. The Labute approximate surface area is 309 Å². The van der Waals surface area contributed by atoms with Crippen molar-refractivity contribution in [3.05, 3.63) is 187 Å². The molecule has 0 aliphatic heterocycles. The predicted molar refractivity (Wildman–Crippen MR) is 215 cm³/mol. The van der Waals surface area contributed by atoms with Crippen molar-refractivity contribution >= 4 is 0 Å². The molecule has 9 rings (SSSR count). The number of nitrogens with zero attached hydrogens (tertiary/aromatic N) is 4. The second-order valence-electron chi connectivity index (χ2n) is 14.0. The van der Waals surface area contributed by atoms with E-state index in [4.69, 9.17) is 15.0 Å². The number of hydrogen-bond donors (Lipinski definition) is 0. The molecule has 0 radical (unpaired) electrons. The van der Waals surface area contributed by atoms with Gasteiger partial charge in [0.05, 0.1) is 11.6 Å². The first kappa shape index (κ1) is 32.0. The molecular weight excluding hydrogens is 645 g/mol. The van der Waals surface area contributed by atoms with Crippen LogP contribution in [0.2, 0.25) is 0 Å². The van der Waals surface area contributed by atoms with E-state index in [0.29, 0.717) is 23.0 Å². The van der Waals surface area contributed by atoms with Crippen molar-refractivity contribution in [2.75, 3.05) is 0 Å². The third-order valence-electron chi connectivity index (χ3n) is 10.4. The highest BCUT2D eigenvalue weighted by Gasteiger charge is 2.35. The Kier molecular flexibility index (Phi) is 7.83. The van der Waals surface area contributed by atoms with E-state index in [2.05, 4.69) is 141 Å². The molecule has 0 amide bonds. The summed E-state index contributed by atoms with van der Waals surface area (Å²) in [6, 6.07) is 61.1. The summed E-state index contributed by atoms with van der Waals surface area (Å²) in [6.45, 7) is 4.52. The van der Waals surface area contributed by atoms with Crippen LogP contribution >= 0.6 is 0 Å². The van der Waals surface area contributed by atoms with Gasteiger partial charge in [0.25, 0.3) is 0 Å². The van der Waals surface area contributed by atoms with Crippen LogP contribution in [-0.2, 0) is 5.41 Å². The molecule has 0 saturated carbocycles. The Hall–Kier alpha value is -6.96. The summed E-state index contributed by atoms with van der Waals surface area (Å²) < 4.78 is 0. The summed E-state index contributed by atoms with van der Waals surface area (Å²) in [4.78, 5) is 15.0. The highest BCUT2D eigenvalue weighted by molar-refractivity contribution is 5.86. The van der Waals surface area contributed by atoms with Gasteiger partial charge >= 0.3 is 0 Å². The zero-order chi connectivity index (χ0) is 35.9. The maximum atomic E-state index is 9.63. The van der Waals surface area contributed by atoms with Crippen LogP contribution < -0.4 is 0 Å². The lowest BCUT2D eigenvalue weighted by atomic mass is 9.82. The highest BCUT2D eigenvalue weighted by Crippen LogP contribution is 2.50. The Morgan fingerprint density at radius 1 is 0.377 bits per heavy atom. The van der Waals surface area contributed by atoms with Gasteiger partial charge < -0.3 is 0 Å². The Bertz CT molecular complexity index is 2690. The lowest BCUT2D eigenvalue weighted by Gasteiger charge is -2.21. The van der Waals surface area contributed by atoms with Gasteiger partial charge in [-0.3, -0.25) is 0 Å². The van der Waals surface area contributed by atoms with E-state index in [9.17, 15) is 5.26 Å². The minimum atomic E-state index is -0.125. The number of benzene rings is 7. The van der Waals surface area contributed by atoms with E-state index in [1.807, 2.05) is 48.5 Å². The van der Waals surface area contributed by atoms with E-state index in [0.717, 1.165) is 50.1 Å². The van der Waals surface area contributed by atoms with Crippen molar-refractivity contribution in [2.24, 2.45) is 0 Å². The lowest BCUT2D eigenvalue weighted by molar-refractivity contribution is 0.660. The SMILES string of the molecule is CC1(C)c2ccc(C#N)cc2-c2cc(-c3cccc(-c4cccc(-c5nc(-c6ccccc6)nc(-c6ccc(-c7ccccc7)cc6)n5)c4)c3)ccc21. The fourth-order valence-corrected chi connectivity index (χ4v) is 7.53. The average molecular weight is 679 g/mol. The maximum Gasteiger partial charge on any atom is 0.164 e. The average Bonchev–Trinajstić information content (AvgIpc) is 3.46. The van der Waals surface area contributed by atoms with Gasteiger partial charge in [-0.2, -0.15) is 5.26 Å². The van der Waals surface area contributed by atoms with Crippen LogP contribution in [0.25, 0.3) is 78.7 Å². The molecule has 4 nitrogen and oxygen atoms in total. The molecule has 0 bridgehead atoms. The molecule has 1 aliphatic carbocycles. The topological polar surface area (TPSA) is 62.5 Å². The van der Waals surface area contributed by atoms with Gasteiger partial charge in [0, 0.05) is 22.1 Å². The fraction of sp³-hybridized carbons (Fsp3) is 0.0612. The smallest absolute Gasteiger partial charge is 0.164 e. The third kappa shape index (κ3) is 5.89. The van der Waals surface area contributed by atoms with Crippen molar-refractivity contribution in [1.82, 2.24) is 15.0 Å². The van der Waals surface area contributed by atoms with Gasteiger partial charge in [-0.25, -0.2) is 15.0 Å². The third-order valence-corrected chi connectivity index (χ3v) is 10.4. The number of hydrogen-bond acceptors (Lipinski definition) is 4. The molecule has 1 aliphatic rings. The largest absolute Gasteiger partial charge is 0.208 e. The van der Waals surface area contributed by atoms with Gasteiger partial charge in [-0.05, 0) is 86.0 Å². The van der Waals surface area contributed by atoms with Crippen LogP contribution in [0.15, 0.2) is 170 Å². The predicted octanol–water partition coefficient (Wildman–Crippen LogP) is 12.1. The van der Waals surface area contributed by atoms with Crippen LogP contribution in [0.3, 0.4) is 0 Å². The number of nitriles is 1. The van der Waals surface area contributed by atoms with Crippen LogP contribution in [0.1, 0.15) is 30.5 Å². The highest BCUT2D eigenvalue weighted by atomic mass is 15.0. The van der Waals surface area contributed by atoms with Gasteiger partial charge in [0.1, 0.15) is 0 Å². The van der Waals surface area contributed by atoms with E-state index in [1.54, 1.807) is 0 Å². The first-order valence-corrected chi connectivity index (χ1v) is 17.8. The van der Waals surface area contributed by atoms with Crippen molar-refractivity contribution < 1.29 is 0 Å². The minimum Gasteiger partial charge on any atom is -0.208 e. The summed E-state index contributed by atoms with van der Waals surface area (Å²) in [5.41, 5.74) is 15.0. The van der Waals surface area contributed by atoms with Crippen molar-refractivity contribution in [1.29, 1.82) is 5.26 Å². The van der Waals surface area contributed by atoms with E-state index in [1.165, 1.54) is 22.3 Å². The van der Waals surface area contributed by atoms with E-state index >= 15 is 0 Å². The van der Waals surface area contributed by atoms with Crippen molar-refractivity contribution in [3.63, 3.8) is 0 Å². The Morgan fingerprint density at radius 3 is 1.38 bits per heavy atom. The van der Waals surface area contributed by atoms with Crippen LogP contribution in [-0.4, -0.2) is 15.0 Å². The van der Waals surface area contributed by atoms with Gasteiger partial charge in [0.15, 0.2) is 17.5 Å². The quantitative estimate of drug-likeness (QED) is 0.176. The number of aromatic nitrogens is 3. The molecule has 8 aromatic rings. The fourth-order valence-electron chi connectivity index (χ4n) is 7.53. The molecule has 1 heterocycles. The van der Waals surface area contributed by atoms with E-state index in [-0.39, 0.29) is 5.41 Å². The standard InChI is InChI=1S/C49H34N4/c1-49(2)44-25-19-32(31-50)27-42(44)43-30-40(24-26-45(43)49)38-16-9-15-37(28-38)39-17-10-18-41(29-39)48-52-46(35-13-7-4-8-14-35)51-47(53-48)36-22-20-34(21-23-36)33-11-5-3-6-12-33/h3-30H,1-2H3. The molecule has 7 aromatic carbocycles. The summed E-state index contributed by atoms with van der Waals surface area (Å²) in [5.74, 6) is 1.88. The zero-order valence-corrected chi connectivity index (χ0v) is 29.5. The molecule has 1 aromatic heterocycles. The van der Waals surface area contributed by atoms with Crippen LogP contribution in [0.5, 0.6) is 0 Å². The lowest BCUT2D eigenvalue weighted by Crippen LogP contribution is -2.14. The molecule has 0 spiro atoms. The second kappa shape index (κ2) is 13.0. The molecule has 250 valence electrons. The second-order valence-corrected chi connectivity index (χ2v) is 14.0. The molecule has 4 heteroatoms. The summed E-state index contributed by atoms with van der Waals surface area (Å²) in [6.07, 6.45) is 0. The van der Waals surface area contributed by atoms with E-state index < -0.39 is 0 Å². The monoisotopic (exact) mass is 678 g/mol. The minimum absolute atomic E-state index is 0.125. The first-order valence-electron chi connectivity index (χ1n) is 17.8. The molecule has 0 atom stereocenters. The normalized spacial score (nSPS) is 12.5. The molecular formula is C49H34N4. The molecule has 53 heavy (non-hydrogen) atoms. The van der Waals surface area contributed by atoms with Crippen molar-refractivity contribution in [2.45, 2.75) is 19.3 Å². The number of rotatable bonds is 6. The number of fused-ring (bicyclic) bond motifs is 3. The first-order chi connectivity index (χ1) is 25.9. The van der Waals surface area contributed by atoms with Gasteiger partial charge in [-0.1, -0.05) is 153 Å². The molecule has 0 fully saturated rings. The Balaban J connectivity index is 1.09. The molecule has 0 N–H and O–H groups in total.